The summed E-state index contributed by atoms with van der Waals surface area (Å²) in [6, 6.07) is 7.08. The van der Waals surface area contributed by atoms with Gasteiger partial charge in [0.2, 0.25) is 0 Å². The van der Waals surface area contributed by atoms with Crippen molar-refractivity contribution in [2.45, 2.75) is 39.2 Å². The average Bonchev–Trinajstić information content (AvgIpc) is 2.69. The lowest BCUT2D eigenvalue weighted by molar-refractivity contribution is 0.340. The van der Waals surface area contributed by atoms with Crippen molar-refractivity contribution in [1.29, 1.82) is 0 Å². The van der Waals surface area contributed by atoms with Crippen LogP contribution < -0.4 is 10.1 Å². The molecule has 2 heteroatoms. The molecule has 0 fully saturated rings. The van der Waals surface area contributed by atoms with Crippen LogP contribution in [-0.4, -0.2) is 13.2 Å². The first kappa shape index (κ1) is 11.5. The zero-order valence-corrected chi connectivity index (χ0v) is 10.3. The highest BCUT2D eigenvalue weighted by Gasteiger charge is 2.21. The number of nitrogens with one attached hydrogen (secondary N) is 1. The summed E-state index contributed by atoms with van der Waals surface area (Å²) in [5.74, 6) is 1.01. The van der Waals surface area contributed by atoms with Crippen molar-refractivity contribution in [3.05, 3.63) is 29.3 Å². The van der Waals surface area contributed by atoms with E-state index in [1.165, 1.54) is 30.4 Å². The van der Waals surface area contributed by atoms with Crippen LogP contribution in [0.15, 0.2) is 18.2 Å². The van der Waals surface area contributed by atoms with Crippen molar-refractivity contribution in [1.82, 2.24) is 5.32 Å². The van der Waals surface area contributed by atoms with Crippen LogP contribution >= 0.6 is 0 Å². The molecular weight excluding hydrogens is 198 g/mol. The van der Waals surface area contributed by atoms with Crippen LogP contribution in [-0.2, 0) is 6.42 Å². The van der Waals surface area contributed by atoms with E-state index in [1.54, 1.807) is 0 Å². The van der Waals surface area contributed by atoms with Crippen molar-refractivity contribution in [2.24, 2.45) is 0 Å². The molecule has 0 amide bonds. The van der Waals surface area contributed by atoms with Crippen molar-refractivity contribution >= 4 is 0 Å². The van der Waals surface area contributed by atoms with E-state index in [4.69, 9.17) is 4.74 Å². The molecule has 1 aliphatic carbocycles. The SMILES string of the molecule is CCCNC1CCc2cc(OCC)ccc21. The quantitative estimate of drug-likeness (QED) is 0.821. The summed E-state index contributed by atoms with van der Waals surface area (Å²) in [6.07, 6.45) is 3.60. The molecule has 0 aliphatic heterocycles. The van der Waals surface area contributed by atoms with Gasteiger partial charge in [-0.05, 0) is 56.0 Å². The van der Waals surface area contributed by atoms with E-state index < -0.39 is 0 Å². The van der Waals surface area contributed by atoms with Gasteiger partial charge in [0, 0.05) is 6.04 Å². The molecule has 0 aromatic heterocycles. The van der Waals surface area contributed by atoms with Crippen LogP contribution in [0.1, 0.15) is 43.9 Å². The van der Waals surface area contributed by atoms with Gasteiger partial charge in [-0.2, -0.15) is 0 Å². The fraction of sp³-hybridized carbons (Fsp3) is 0.571. The minimum absolute atomic E-state index is 0.561. The fourth-order valence-electron chi connectivity index (χ4n) is 2.38. The molecule has 2 nitrogen and oxygen atoms in total. The highest BCUT2D eigenvalue weighted by molar-refractivity contribution is 5.40. The first-order valence-electron chi connectivity index (χ1n) is 6.34. The first-order valence-corrected chi connectivity index (χ1v) is 6.34. The second-order valence-corrected chi connectivity index (χ2v) is 4.34. The van der Waals surface area contributed by atoms with Gasteiger partial charge in [-0.15, -0.1) is 0 Å². The Balaban J connectivity index is 2.09. The van der Waals surface area contributed by atoms with Gasteiger partial charge in [0.15, 0.2) is 0 Å². The Morgan fingerprint density at radius 2 is 2.25 bits per heavy atom. The Morgan fingerprint density at radius 1 is 1.38 bits per heavy atom. The molecule has 1 atom stereocenters. The van der Waals surface area contributed by atoms with Gasteiger partial charge in [-0.25, -0.2) is 0 Å². The lowest BCUT2D eigenvalue weighted by Crippen LogP contribution is -2.19. The Hall–Kier alpha value is -1.02. The van der Waals surface area contributed by atoms with Crippen LogP contribution in [0, 0.1) is 0 Å². The molecule has 0 bridgehead atoms. The summed E-state index contributed by atoms with van der Waals surface area (Å²) in [7, 11) is 0. The molecule has 1 aliphatic rings. The van der Waals surface area contributed by atoms with Gasteiger partial charge in [0.05, 0.1) is 6.61 Å². The number of benzene rings is 1. The molecule has 0 radical (unpaired) electrons. The first-order chi connectivity index (χ1) is 7.85. The molecular formula is C14H21NO. The van der Waals surface area contributed by atoms with Gasteiger partial charge in [-0.1, -0.05) is 13.0 Å². The highest BCUT2D eigenvalue weighted by atomic mass is 16.5. The number of hydrogen-bond acceptors (Lipinski definition) is 2. The van der Waals surface area contributed by atoms with Crippen LogP contribution in [0.2, 0.25) is 0 Å². The largest absolute Gasteiger partial charge is 0.494 e. The van der Waals surface area contributed by atoms with Crippen LogP contribution in [0.5, 0.6) is 5.75 Å². The maximum absolute atomic E-state index is 5.53. The van der Waals surface area contributed by atoms with Gasteiger partial charge < -0.3 is 10.1 Å². The lowest BCUT2D eigenvalue weighted by atomic mass is 10.1. The summed E-state index contributed by atoms with van der Waals surface area (Å²) in [6.45, 7) is 6.09. The number of aryl methyl sites for hydroxylation is 1. The Morgan fingerprint density at radius 3 is 3.00 bits per heavy atom. The van der Waals surface area contributed by atoms with E-state index in [1.807, 2.05) is 6.92 Å². The third kappa shape index (κ3) is 2.38. The van der Waals surface area contributed by atoms with Crippen LogP contribution in [0.4, 0.5) is 0 Å². The zero-order chi connectivity index (χ0) is 11.4. The maximum atomic E-state index is 5.53. The lowest BCUT2D eigenvalue weighted by Gasteiger charge is -2.13. The summed E-state index contributed by atoms with van der Waals surface area (Å²) in [5.41, 5.74) is 2.93. The van der Waals surface area contributed by atoms with Gasteiger partial charge in [0.25, 0.3) is 0 Å². The van der Waals surface area contributed by atoms with Gasteiger partial charge in [0.1, 0.15) is 5.75 Å². The molecule has 88 valence electrons. The molecule has 0 saturated carbocycles. The van der Waals surface area contributed by atoms with Gasteiger partial charge >= 0.3 is 0 Å². The van der Waals surface area contributed by atoms with E-state index in [-0.39, 0.29) is 0 Å². The van der Waals surface area contributed by atoms with Crippen molar-refractivity contribution in [3.8, 4) is 5.75 Å². The number of ether oxygens (including phenoxy) is 1. The van der Waals surface area contributed by atoms with Crippen molar-refractivity contribution < 1.29 is 4.74 Å². The Bertz CT molecular complexity index is 349. The second kappa shape index (κ2) is 5.35. The molecule has 1 N–H and O–H groups in total. The molecule has 1 unspecified atom stereocenters. The maximum Gasteiger partial charge on any atom is 0.119 e. The standard InChI is InChI=1S/C14H21NO/c1-3-9-15-14-8-5-11-10-12(16-4-2)6-7-13(11)14/h6-7,10,14-15H,3-5,8-9H2,1-2H3. The van der Waals surface area contributed by atoms with Crippen LogP contribution in [0.25, 0.3) is 0 Å². The monoisotopic (exact) mass is 219 g/mol. The number of rotatable bonds is 5. The summed E-state index contributed by atoms with van der Waals surface area (Å²) >= 11 is 0. The number of fused-ring (bicyclic) bond motifs is 1. The van der Waals surface area contributed by atoms with E-state index in [0.29, 0.717) is 6.04 Å². The molecule has 0 spiro atoms. The van der Waals surface area contributed by atoms with Gasteiger partial charge in [-0.3, -0.25) is 0 Å². The fourth-order valence-corrected chi connectivity index (χ4v) is 2.38. The highest BCUT2D eigenvalue weighted by Crippen LogP contribution is 2.33. The predicted molar refractivity (Wildman–Crippen MR) is 67.0 cm³/mol. The Kier molecular flexibility index (Phi) is 3.83. The normalized spacial score (nSPS) is 18.5. The van der Waals surface area contributed by atoms with E-state index in [0.717, 1.165) is 18.9 Å². The molecule has 0 saturated heterocycles. The molecule has 1 aromatic carbocycles. The third-order valence-corrected chi connectivity index (χ3v) is 3.14. The second-order valence-electron chi connectivity index (χ2n) is 4.34. The summed E-state index contributed by atoms with van der Waals surface area (Å²) in [5, 5.41) is 3.60. The summed E-state index contributed by atoms with van der Waals surface area (Å²) < 4.78 is 5.53. The molecule has 0 heterocycles. The molecule has 1 aromatic rings. The smallest absolute Gasteiger partial charge is 0.119 e. The van der Waals surface area contributed by atoms with Crippen molar-refractivity contribution in [3.63, 3.8) is 0 Å². The van der Waals surface area contributed by atoms with E-state index in [9.17, 15) is 0 Å². The minimum atomic E-state index is 0.561. The third-order valence-electron chi connectivity index (χ3n) is 3.14. The van der Waals surface area contributed by atoms with Crippen LogP contribution in [0.3, 0.4) is 0 Å². The topological polar surface area (TPSA) is 21.3 Å². The van der Waals surface area contributed by atoms with E-state index >= 15 is 0 Å². The zero-order valence-electron chi connectivity index (χ0n) is 10.3. The average molecular weight is 219 g/mol. The van der Waals surface area contributed by atoms with Crippen molar-refractivity contribution in [2.75, 3.05) is 13.2 Å². The van der Waals surface area contributed by atoms with E-state index in [2.05, 4.69) is 30.4 Å². The molecule has 2 rings (SSSR count). The minimum Gasteiger partial charge on any atom is -0.494 e. The Labute approximate surface area is 98.0 Å². The predicted octanol–water partition coefficient (Wildman–Crippen LogP) is 3.07. The molecule has 16 heavy (non-hydrogen) atoms. The summed E-state index contributed by atoms with van der Waals surface area (Å²) in [4.78, 5) is 0. The number of hydrogen-bond donors (Lipinski definition) is 1.